The van der Waals surface area contributed by atoms with Crippen LogP contribution in [0.15, 0.2) is 54.6 Å². The predicted molar refractivity (Wildman–Crippen MR) is 93.5 cm³/mol. The molecule has 10 heteroatoms. The molecule has 2 aromatic carbocycles. The van der Waals surface area contributed by atoms with Gasteiger partial charge >= 0.3 is 22.5 Å². The molecule has 1 unspecified atom stereocenters. The van der Waals surface area contributed by atoms with Gasteiger partial charge in [-0.1, -0.05) is 42.5 Å². The van der Waals surface area contributed by atoms with Crippen molar-refractivity contribution in [3.63, 3.8) is 0 Å². The molecule has 1 amide bonds. The van der Waals surface area contributed by atoms with Gasteiger partial charge in [0, 0.05) is 6.42 Å². The molecule has 0 saturated carbocycles. The number of ether oxygens (including phenoxy) is 1. The molecule has 27 heavy (non-hydrogen) atoms. The molecule has 0 heterocycles. The van der Waals surface area contributed by atoms with E-state index in [2.05, 4.69) is 9.50 Å². The van der Waals surface area contributed by atoms with Crippen LogP contribution in [0.25, 0.3) is 0 Å². The number of aliphatic carboxylic acids is 1. The Kier molecular flexibility index (Phi) is 6.74. The number of hydrogen-bond donors (Lipinski definition) is 3. The van der Waals surface area contributed by atoms with E-state index in [4.69, 9.17) is 9.29 Å². The molecule has 2 aromatic rings. The Labute approximate surface area is 155 Å². The lowest BCUT2D eigenvalue weighted by Crippen LogP contribution is -2.42. The number of carboxylic acid groups (broad SMARTS) is 1. The molecule has 144 valence electrons. The highest BCUT2D eigenvalue weighted by molar-refractivity contribution is 7.81. The number of carbonyl (C=O) groups is 2. The molecule has 9 nitrogen and oxygen atoms in total. The Hall–Kier alpha value is -3.11. The quantitative estimate of drug-likeness (QED) is 0.575. The molecule has 3 N–H and O–H groups in total. The number of amides is 1. The van der Waals surface area contributed by atoms with Crippen LogP contribution in [0.3, 0.4) is 0 Å². The Bertz CT molecular complexity index is 881. The van der Waals surface area contributed by atoms with Crippen molar-refractivity contribution in [2.75, 3.05) is 0 Å². The first-order valence-corrected chi connectivity index (χ1v) is 9.05. The third-order valence-electron chi connectivity index (χ3n) is 3.37. The lowest BCUT2D eigenvalue weighted by molar-refractivity contribution is -0.139. The van der Waals surface area contributed by atoms with Gasteiger partial charge in [0.1, 0.15) is 18.4 Å². The highest BCUT2D eigenvalue weighted by atomic mass is 32.3. The fraction of sp³-hybridized carbons (Fsp3) is 0.176. The van der Waals surface area contributed by atoms with Crippen LogP contribution in [-0.4, -0.2) is 36.2 Å². The third-order valence-corrected chi connectivity index (χ3v) is 3.77. The largest absolute Gasteiger partial charge is 0.480 e. The summed E-state index contributed by atoms with van der Waals surface area (Å²) in [5, 5.41) is 11.5. The zero-order valence-electron chi connectivity index (χ0n) is 13.9. The van der Waals surface area contributed by atoms with Gasteiger partial charge in [0.05, 0.1) is 0 Å². The molecule has 0 fully saturated rings. The summed E-state index contributed by atoms with van der Waals surface area (Å²) < 4.78 is 39.1. The van der Waals surface area contributed by atoms with E-state index in [-0.39, 0.29) is 18.8 Å². The standard InChI is InChI=1S/C17H17NO8S/c19-16(20)15(18-17(21)25-11-13-4-2-1-3-5-13)10-12-6-8-14(9-7-12)26-27(22,23)24/h1-9,15H,10-11H2,(H,18,21)(H,19,20)(H,22,23,24). The number of benzene rings is 2. The van der Waals surface area contributed by atoms with Crippen LogP contribution in [0, 0.1) is 0 Å². The van der Waals surface area contributed by atoms with Gasteiger partial charge in [-0.25, -0.2) is 9.59 Å². The van der Waals surface area contributed by atoms with Crippen molar-refractivity contribution in [1.29, 1.82) is 0 Å². The molecule has 0 spiro atoms. The molecular weight excluding hydrogens is 378 g/mol. The van der Waals surface area contributed by atoms with Crippen molar-refractivity contribution in [3.05, 3.63) is 65.7 Å². The second-order valence-electron chi connectivity index (χ2n) is 5.46. The van der Waals surface area contributed by atoms with Gasteiger partial charge in [-0.2, -0.15) is 8.42 Å². The molecule has 0 aliphatic rings. The minimum Gasteiger partial charge on any atom is -0.480 e. The number of hydrogen-bond acceptors (Lipinski definition) is 6. The van der Waals surface area contributed by atoms with E-state index in [1.165, 1.54) is 24.3 Å². The van der Waals surface area contributed by atoms with Crippen LogP contribution in [0.1, 0.15) is 11.1 Å². The second kappa shape index (κ2) is 9.01. The maximum Gasteiger partial charge on any atom is 0.446 e. The number of carbonyl (C=O) groups excluding carboxylic acids is 1. The second-order valence-corrected chi connectivity index (χ2v) is 6.48. The van der Waals surface area contributed by atoms with Crippen LogP contribution < -0.4 is 9.50 Å². The number of alkyl carbamates (subject to hydrolysis) is 1. The third kappa shape index (κ3) is 7.34. The molecule has 0 aliphatic carbocycles. The number of nitrogens with one attached hydrogen (secondary N) is 1. The van der Waals surface area contributed by atoms with Gasteiger partial charge in [0.2, 0.25) is 0 Å². The fourth-order valence-electron chi connectivity index (χ4n) is 2.15. The zero-order valence-corrected chi connectivity index (χ0v) is 14.8. The predicted octanol–water partition coefficient (Wildman–Crippen LogP) is 1.79. The summed E-state index contributed by atoms with van der Waals surface area (Å²) >= 11 is 0. The van der Waals surface area contributed by atoms with Crippen LogP contribution in [0.5, 0.6) is 5.75 Å². The molecule has 0 radical (unpaired) electrons. The van der Waals surface area contributed by atoms with Crippen molar-refractivity contribution >= 4 is 22.5 Å². The van der Waals surface area contributed by atoms with Gasteiger partial charge in [-0.05, 0) is 23.3 Å². The van der Waals surface area contributed by atoms with Crippen molar-refractivity contribution in [2.24, 2.45) is 0 Å². The summed E-state index contributed by atoms with van der Waals surface area (Å²) in [4.78, 5) is 23.2. The first-order chi connectivity index (χ1) is 12.7. The van der Waals surface area contributed by atoms with Crippen LogP contribution in [-0.2, 0) is 33.0 Å². The Morgan fingerprint density at radius 2 is 1.63 bits per heavy atom. The highest BCUT2D eigenvalue weighted by Gasteiger charge is 2.21. The minimum absolute atomic E-state index is 0.000676. The van der Waals surface area contributed by atoms with Gasteiger partial charge in [-0.15, -0.1) is 0 Å². The lowest BCUT2D eigenvalue weighted by Gasteiger charge is -2.15. The van der Waals surface area contributed by atoms with Crippen molar-refractivity contribution in [3.8, 4) is 5.75 Å². The maximum atomic E-state index is 11.8. The van der Waals surface area contributed by atoms with E-state index in [1.807, 2.05) is 6.07 Å². The summed E-state index contributed by atoms with van der Waals surface area (Å²) in [5.74, 6) is -1.40. The summed E-state index contributed by atoms with van der Waals surface area (Å²) in [6.45, 7) is 0.000676. The summed E-state index contributed by atoms with van der Waals surface area (Å²) in [5.41, 5.74) is 1.25. The number of rotatable bonds is 8. The van der Waals surface area contributed by atoms with Crippen molar-refractivity contribution in [1.82, 2.24) is 5.32 Å². The van der Waals surface area contributed by atoms with E-state index in [0.717, 1.165) is 5.56 Å². The normalized spacial score (nSPS) is 12.0. The van der Waals surface area contributed by atoms with E-state index in [1.54, 1.807) is 24.3 Å². The molecule has 1 atom stereocenters. The average molecular weight is 395 g/mol. The topological polar surface area (TPSA) is 139 Å². The SMILES string of the molecule is O=C(NC(Cc1ccc(OS(=O)(=O)O)cc1)C(=O)O)OCc1ccccc1. The smallest absolute Gasteiger partial charge is 0.446 e. The Morgan fingerprint density at radius 3 is 2.19 bits per heavy atom. The minimum atomic E-state index is -4.64. The van der Waals surface area contributed by atoms with Gasteiger partial charge < -0.3 is 19.3 Å². The van der Waals surface area contributed by atoms with Crippen LogP contribution >= 0.6 is 0 Å². The molecule has 0 aliphatic heterocycles. The zero-order chi connectivity index (χ0) is 19.9. The first kappa shape index (κ1) is 20.2. The first-order valence-electron chi connectivity index (χ1n) is 7.69. The monoisotopic (exact) mass is 395 g/mol. The summed E-state index contributed by atoms with van der Waals surface area (Å²) in [7, 11) is -4.64. The molecule has 0 saturated heterocycles. The summed E-state index contributed by atoms with van der Waals surface area (Å²) in [6, 6.07) is 13.0. The summed E-state index contributed by atoms with van der Waals surface area (Å²) in [6.07, 6.45) is -0.945. The Balaban J connectivity index is 1.92. The fourth-order valence-corrected chi connectivity index (χ4v) is 2.50. The van der Waals surface area contributed by atoms with Crippen molar-refractivity contribution < 1.29 is 36.6 Å². The van der Waals surface area contributed by atoms with Gasteiger partial charge in [0.25, 0.3) is 0 Å². The van der Waals surface area contributed by atoms with E-state index in [0.29, 0.717) is 5.56 Å². The van der Waals surface area contributed by atoms with E-state index < -0.39 is 28.5 Å². The Morgan fingerprint density at radius 1 is 1.00 bits per heavy atom. The highest BCUT2D eigenvalue weighted by Crippen LogP contribution is 2.15. The van der Waals surface area contributed by atoms with Crippen molar-refractivity contribution in [2.45, 2.75) is 19.1 Å². The van der Waals surface area contributed by atoms with Crippen LogP contribution in [0.4, 0.5) is 4.79 Å². The molecule has 0 bridgehead atoms. The lowest BCUT2D eigenvalue weighted by atomic mass is 10.1. The molecular formula is C17H17NO8S. The van der Waals surface area contributed by atoms with Crippen LogP contribution in [0.2, 0.25) is 0 Å². The molecule has 2 rings (SSSR count). The van der Waals surface area contributed by atoms with Gasteiger partial charge in [-0.3, -0.25) is 4.55 Å². The average Bonchev–Trinajstić information content (AvgIpc) is 2.60. The van der Waals surface area contributed by atoms with E-state index in [9.17, 15) is 23.1 Å². The maximum absolute atomic E-state index is 11.8. The number of carboxylic acids is 1. The van der Waals surface area contributed by atoms with Gasteiger partial charge in [0.15, 0.2) is 0 Å². The molecule has 0 aromatic heterocycles. The van der Waals surface area contributed by atoms with E-state index >= 15 is 0 Å².